The Labute approximate surface area is 135 Å². The van der Waals surface area contributed by atoms with Crippen LogP contribution in [0.15, 0.2) is 41.6 Å². The highest BCUT2D eigenvalue weighted by Crippen LogP contribution is 2.23. The van der Waals surface area contributed by atoms with Gasteiger partial charge in [0.1, 0.15) is 5.75 Å². The van der Waals surface area contributed by atoms with Crippen molar-refractivity contribution in [3.05, 3.63) is 47.8 Å². The summed E-state index contributed by atoms with van der Waals surface area (Å²) in [4.78, 5) is 0.232. The van der Waals surface area contributed by atoms with Crippen LogP contribution in [-0.2, 0) is 20.7 Å². The van der Waals surface area contributed by atoms with Crippen LogP contribution in [0.4, 0.5) is 0 Å². The van der Waals surface area contributed by atoms with Crippen LogP contribution in [0.3, 0.4) is 0 Å². The molecule has 0 aliphatic rings. The van der Waals surface area contributed by atoms with Gasteiger partial charge in [-0.3, -0.25) is 0 Å². The number of hydrogen-bond donors (Lipinski definition) is 0. The van der Waals surface area contributed by atoms with E-state index in [1.54, 1.807) is 31.6 Å². The Balaban J connectivity index is 2.45. The average Bonchev–Trinajstić information content (AvgIpc) is 2.91. The number of ether oxygens (including phenoxy) is 1. The fourth-order valence-electron chi connectivity index (χ4n) is 1.76. The Bertz CT molecular complexity index is 671. The lowest BCUT2D eigenvalue weighted by atomic mass is 10.2. The van der Waals surface area contributed by atoms with Crippen LogP contribution < -0.4 is 4.74 Å². The van der Waals surface area contributed by atoms with Crippen molar-refractivity contribution in [2.75, 3.05) is 7.11 Å². The molecule has 0 aliphatic carbocycles. The third-order valence-electron chi connectivity index (χ3n) is 2.90. The molecule has 0 bridgehead atoms. The van der Waals surface area contributed by atoms with Gasteiger partial charge in [0.25, 0.3) is 10.0 Å². The Morgan fingerprint density at radius 2 is 1.55 bits per heavy atom. The number of hydrogen-bond acceptors (Lipinski definition) is 3. The molecule has 0 aliphatic heterocycles. The number of halogens is 2. The molecule has 0 atom stereocenters. The van der Waals surface area contributed by atoms with Gasteiger partial charge in [0.05, 0.1) is 12.0 Å². The summed E-state index contributed by atoms with van der Waals surface area (Å²) in [6.07, 6.45) is 3.26. The lowest BCUT2D eigenvalue weighted by Crippen LogP contribution is -2.10. The summed E-state index contributed by atoms with van der Waals surface area (Å²) >= 11 is 6.72. The standard InChI is InChI=1S/C13H13Br2NO3S/c1-19-12-2-4-13(5-3-12)20(17,18)16-8-10(6-14)11(7-15)9-16/h2-5,8-9H,6-7H2,1H3. The molecule has 1 heterocycles. The Kier molecular flexibility index (Phi) is 4.93. The topological polar surface area (TPSA) is 48.3 Å². The highest BCUT2D eigenvalue weighted by Gasteiger charge is 2.18. The minimum Gasteiger partial charge on any atom is -0.497 e. The van der Waals surface area contributed by atoms with E-state index in [0.29, 0.717) is 16.4 Å². The summed E-state index contributed by atoms with van der Waals surface area (Å²) < 4.78 is 31.3. The molecular formula is C13H13Br2NO3S. The second kappa shape index (κ2) is 6.32. The van der Waals surface area contributed by atoms with Crippen molar-refractivity contribution >= 4 is 41.9 Å². The summed E-state index contributed by atoms with van der Waals surface area (Å²) in [5, 5.41) is 1.22. The van der Waals surface area contributed by atoms with E-state index in [-0.39, 0.29) is 4.90 Å². The monoisotopic (exact) mass is 421 g/mol. The Hall–Kier alpha value is -0.790. The number of benzene rings is 1. The minimum absolute atomic E-state index is 0.232. The molecular weight excluding hydrogens is 410 g/mol. The molecule has 1 aromatic carbocycles. The van der Waals surface area contributed by atoms with Gasteiger partial charge < -0.3 is 4.74 Å². The first kappa shape index (κ1) is 15.6. The maximum atomic E-state index is 12.5. The largest absolute Gasteiger partial charge is 0.497 e. The second-order valence-corrected chi connectivity index (χ2v) is 7.05. The fourth-order valence-corrected chi connectivity index (χ4v) is 4.02. The lowest BCUT2D eigenvalue weighted by Gasteiger charge is -2.06. The van der Waals surface area contributed by atoms with Crippen LogP contribution in [0.25, 0.3) is 0 Å². The predicted molar refractivity (Wildman–Crippen MR) is 85.3 cm³/mol. The minimum atomic E-state index is -3.57. The van der Waals surface area contributed by atoms with Gasteiger partial charge in [-0.1, -0.05) is 31.9 Å². The average molecular weight is 423 g/mol. The first-order valence-corrected chi connectivity index (χ1v) is 9.42. The number of nitrogens with zero attached hydrogens (tertiary/aromatic N) is 1. The molecule has 2 aromatic rings. The number of methoxy groups -OCH3 is 1. The molecule has 0 radical (unpaired) electrons. The molecule has 0 saturated carbocycles. The van der Waals surface area contributed by atoms with E-state index in [1.165, 1.54) is 16.1 Å². The molecule has 4 nitrogen and oxygen atoms in total. The molecule has 108 valence electrons. The highest BCUT2D eigenvalue weighted by atomic mass is 79.9. The van der Waals surface area contributed by atoms with Crippen molar-refractivity contribution in [3.63, 3.8) is 0 Å². The molecule has 0 fully saturated rings. The van der Waals surface area contributed by atoms with E-state index in [9.17, 15) is 8.42 Å². The smallest absolute Gasteiger partial charge is 0.267 e. The lowest BCUT2D eigenvalue weighted by molar-refractivity contribution is 0.414. The summed E-state index contributed by atoms with van der Waals surface area (Å²) in [7, 11) is -2.02. The van der Waals surface area contributed by atoms with Crippen molar-refractivity contribution in [2.45, 2.75) is 15.6 Å². The van der Waals surface area contributed by atoms with Gasteiger partial charge in [-0.15, -0.1) is 0 Å². The Morgan fingerprint density at radius 1 is 1.05 bits per heavy atom. The summed E-state index contributed by atoms with van der Waals surface area (Å²) in [5.41, 5.74) is 1.89. The predicted octanol–water partition coefficient (Wildman–Crippen LogP) is 3.52. The van der Waals surface area contributed by atoms with Crippen LogP contribution in [0, 0.1) is 0 Å². The van der Waals surface area contributed by atoms with Crippen LogP contribution in [0.5, 0.6) is 5.75 Å². The maximum Gasteiger partial charge on any atom is 0.267 e. The third kappa shape index (κ3) is 2.94. The van der Waals surface area contributed by atoms with Gasteiger partial charge in [0.2, 0.25) is 0 Å². The molecule has 7 heteroatoms. The van der Waals surface area contributed by atoms with Gasteiger partial charge in [-0.2, -0.15) is 0 Å². The zero-order chi connectivity index (χ0) is 14.8. The van der Waals surface area contributed by atoms with Gasteiger partial charge in [0.15, 0.2) is 0 Å². The number of rotatable bonds is 5. The van der Waals surface area contributed by atoms with Crippen molar-refractivity contribution < 1.29 is 13.2 Å². The van der Waals surface area contributed by atoms with Gasteiger partial charge in [0, 0.05) is 23.1 Å². The van der Waals surface area contributed by atoms with Gasteiger partial charge in [-0.05, 0) is 35.4 Å². The van der Waals surface area contributed by atoms with Crippen molar-refractivity contribution in [2.24, 2.45) is 0 Å². The first-order chi connectivity index (χ1) is 9.52. The maximum absolute atomic E-state index is 12.5. The van der Waals surface area contributed by atoms with Crippen LogP contribution in [0.2, 0.25) is 0 Å². The normalized spacial score (nSPS) is 11.6. The molecule has 0 amide bonds. The third-order valence-corrected chi connectivity index (χ3v) is 5.74. The van der Waals surface area contributed by atoms with E-state index in [2.05, 4.69) is 31.9 Å². The summed E-state index contributed by atoms with van der Waals surface area (Å²) in [6, 6.07) is 6.34. The second-order valence-electron chi connectivity index (χ2n) is 4.09. The number of alkyl halides is 2. The molecule has 0 unspecified atom stereocenters. The van der Waals surface area contributed by atoms with Gasteiger partial charge >= 0.3 is 0 Å². The SMILES string of the molecule is COc1ccc(S(=O)(=O)n2cc(CBr)c(CBr)c2)cc1. The number of aromatic nitrogens is 1. The summed E-state index contributed by atoms with van der Waals surface area (Å²) in [6.45, 7) is 0. The van der Waals surface area contributed by atoms with Crippen molar-refractivity contribution in [3.8, 4) is 5.75 Å². The molecule has 2 rings (SSSR count). The highest BCUT2D eigenvalue weighted by molar-refractivity contribution is 9.09. The zero-order valence-corrected chi connectivity index (χ0v) is 14.7. The van der Waals surface area contributed by atoms with E-state index in [1.807, 2.05) is 0 Å². The zero-order valence-electron chi connectivity index (χ0n) is 10.7. The first-order valence-electron chi connectivity index (χ1n) is 5.74. The van der Waals surface area contributed by atoms with Crippen LogP contribution >= 0.6 is 31.9 Å². The molecule has 0 spiro atoms. The molecule has 20 heavy (non-hydrogen) atoms. The quantitative estimate of drug-likeness (QED) is 0.692. The molecule has 0 N–H and O–H groups in total. The van der Waals surface area contributed by atoms with E-state index in [4.69, 9.17) is 4.74 Å². The van der Waals surface area contributed by atoms with E-state index >= 15 is 0 Å². The van der Waals surface area contributed by atoms with Crippen molar-refractivity contribution in [1.82, 2.24) is 3.97 Å². The summed E-state index contributed by atoms with van der Waals surface area (Å²) in [5.74, 6) is 0.624. The van der Waals surface area contributed by atoms with Crippen LogP contribution in [-0.4, -0.2) is 19.5 Å². The molecule has 0 saturated heterocycles. The fraction of sp³-hybridized carbons (Fsp3) is 0.231. The van der Waals surface area contributed by atoms with Crippen LogP contribution in [0.1, 0.15) is 11.1 Å². The van der Waals surface area contributed by atoms with E-state index < -0.39 is 10.0 Å². The van der Waals surface area contributed by atoms with E-state index in [0.717, 1.165) is 11.1 Å². The Morgan fingerprint density at radius 3 is 1.95 bits per heavy atom. The van der Waals surface area contributed by atoms with Gasteiger partial charge in [-0.25, -0.2) is 12.4 Å². The molecule has 1 aromatic heterocycles. The van der Waals surface area contributed by atoms with Crippen molar-refractivity contribution in [1.29, 1.82) is 0 Å².